The van der Waals surface area contributed by atoms with Gasteiger partial charge in [0.05, 0.1) is 5.56 Å². The van der Waals surface area contributed by atoms with Crippen LogP contribution in [-0.4, -0.2) is 54.5 Å². The van der Waals surface area contributed by atoms with Crippen LogP contribution in [0.2, 0.25) is 0 Å². The minimum Gasteiger partial charge on any atom is -0.354 e. The molecule has 8 nitrogen and oxygen atoms in total. The van der Waals surface area contributed by atoms with Gasteiger partial charge < -0.3 is 10.2 Å². The van der Waals surface area contributed by atoms with Crippen molar-refractivity contribution in [2.45, 2.75) is 50.6 Å². The number of aryl methyl sites for hydroxylation is 1. The SMILES string of the molecule is CCCCNC(=O)[C@@H](Cc1ccccc1)N(Cc1ccccc1C)C(=O)CN1C(=O)c2ccccc2S1(=O)=O. The number of sulfonamides is 1. The van der Waals surface area contributed by atoms with E-state index in [-0.39, 0.29) is 29.3 Å². The fourth-order valence-electron chi connectivity index (χ4n) is 4.63. The topological polar surface area (TPSA) is 104 Å². The number of hydrogen-bond acceptors (Lipinski definition) is 5. The van der Waals surface area contributed by atoms with E-state index in [0.717, 1.165) is 29.5 Å². The molecule has 0 aromatic heterocycles. The number of nitrogens with zero attached hydrogens (tertiary/aromatic N) is 2. The summed E-state index contributed by atoms with van der Waals surface area (Å²) in [5.41, 5.74) is 2.64. The second-order valence-corrected chi connectivity index (χ2v) is 11.4. The zero-order chi connectivity index (χ0) is 28.0. The second-order valence-electron chi connectivity index (χ2n) is 9.61. The van der Waals surface area contributed by atoms with Gasteiger partial charge in [0.15, 0.2) is 0 Å². The smallest absolute Gasteiger partial charge is 0.269 e. The van der Waals surface area contributed by atoms with Crippen molar-refractivity contribution in [3.05, 3.63) is 101 Å². The molecular weight excluding hydrogens is 514 g/mol. The number of fused-ring (bicyclic) bond motifs is 1. The molecule has 1 N–H and O–H groups in total. The van der Waals surface area contributed by atoms with Gasteiger partial charge in [-0.05, 0) is 42.2 Å². The highest BCUT2D eigenvalue weighted by Gasteiger charge is 2.43. The molecule has 0 saturated heterocycles. The third-order valence-corrected chi connectivity index (χ3v) is 8.68. The molecule has 3 aromatic rings. The van der Waals surface area contributed by atoms with Crippen LogP contribution in [0.25, 0.3) is 0 Å². The largest absolute Gasteiger partial charge is 0.354 e. The lowest BCUT2D eigenvalue weighted by Gasteiger charge is -2.33. The molecule has 0 unspecified atom stereocenters. The van der Waals surface area contributed by atoms with Gasteiger partial charge in [-0.2, -0.15) is 0 Å². The van der Waals surface area contributed by atoms with E-state index in [1.165, 1.54) is 23.1 Å². The minimum atomic E-state index is -4.19. The summed E-state index contributed by atoms with van der Waals surface area (Å²) < 4.78 is 27.0. The Labute approximate surface area is 229 Å². The Hall–Kier alpha value is -3.98. The Balaban J connectivity index is 1.70. The highest BCUT2D eigenvalue weighted by molar-refractivity contribution is 7.90. The van der Waals surface area contributed by atoms with E-state index in [1.807, 2.05) is 68.4 Å². The van der Waals surface area contributed by atoms with E-state index in [0.29, 0.717) is 10.8 Å². The highest BCUT2D eigenvalue weighted by Crippen LogP contribution is 2.30. The lowest BCUT2D eigenvalue weighted by molar-refractivity contribution is -0.141. The van der Waals surface area contributed by atoms with Crippen molar-refractivity contribution in [1.82, 2.24) is 14.5 Å². The molecule has 0 fully saturated rings. The zero-order valence-electron chi connectivity index (χ0n) is 22.2. The summed E-state index contributed by atoms with van der Waals surface area (Å²) in [6.07, 6.45) is 1.91. The number of amides is 3. The Morgan fingerprint density at radius 1 is 0.949 bits per heavy atom. The minimum absolute atomic E-state index is 0.0360. The van der Waals surface area contributed by atoms with Crippen molar-refractivity contribution in [3.63, 3.8) is 0 Å². The van der Waals surface area contributed by atoms with Crippen LogP contribution in [0, 0.1) is 6.92 Å². The van der Waals surface area contributed by atoms with Crippen LogP contribution in [0.15, 0.2) is 83.8 Å². The first-order chi connectivity index (χ1) is 18.7. The average molecular weight is 548 g/mol. The maximum Gasteiger partial charge on any atom is 0.269 e. The maximum atomic E-state index is 14.0. The number of carbonyl (C=O) groups excluding carboxylic acids is 3. The summed E-state index contributed by atoms with van der Waals surface area (Å²) in [4.78, 5) is 41.8. The van der Waals surface area contributed by atoms with E-state index in [2.05, 4.69) is 5.32 Å². The van der Waals surface area contributed by atoms with Crippen molar-refractivity contribution in [2.24, 2.45) is 0 Å². The summed E-state index contributed by atoms with van der Waals surface area (Å²) in [5.74, 6) is -1.70. The molecule has 1 aliphatic heterocycles. The molecule has 3 aromatic carbocycles. The maximum absolute atomic E-state index is 14.0. The standard InChI is InChI=1S/C30H33N3O5S/c1-3-4-18-31-29(35)26(19-23-13-6-5-7-14-23)32(20-24-15-9-8-12-22(24)2)28(34)21-33-30(36)25-16-10-11-17-27(25)39(33,37)38/h5-17,26H,3-4,18-21H2,1-2H3,(H,31,35)/t26-/m1/s1. The van der Waals surface area contributed by atoms with Gasteiger partial charge >= 0.3 is 0 Å². The quantitative estimate of drug-likeness (QED) is 0.369. The number of unbranched alkanes of at least 4 members (excludes halogenated alkanes) is 1. The van der Waals surface area contributed by atoms with Gasteiger partial charge in [-0.3, -0.25) is 14.4 Å². The molecule has 3 amide bonds. The van der Waals surface area contributed by atoms with Crippen LogP contribution in [0.1, 0.15) is 46.8 Å². The van der Waals surface area contributed by atoms with E-state index < -0.39 is 34.4 Å². The summed E-state index contributed by atoms with van der Waals surface area (Å²) >= 11 is 0. The number of nitrogens with one attached hydrogen (secondary N) is 1. The van der Waals surface area contributed by atoms with Crippen molar-refractivity contribution in [2.75, 3.05) is 13.1 Å². The second kappa shape index (κ2) is 12.3. The molecular formula is C30H33N3O5S. The van der Waals surface area contributed by atoms with Gasteiger partial charge in [0, 0.05) is 19.5 Å². The number of benzene rings is 3. The predicted molar refractivity (Wildman–Crippen MR) is 148 cm³/mol. The molecule has 9 heteroatoms. The first-order valence-electron chi connectivity index (χ1n) is 13.1. The molecule has 0 aliphatic carbocycles. The van der Waals surface area contributed by atoms with Crippen molar-refractivity contribution < 1.29 is 22.8 Å². The molecule has 1 atom stereocenters. The third kappa shape index (κ3) is 6.20. The van der Waals surface area contributed by atoms with E-state index in [9.17, 15) is 22.8 Å². The molecule has 4 rings (SSSR count). The van der Waals surface area contributed by atoms with Gasteiger partial charge in [-0.15, -0.1) is 0 Å². The summed E-state index contributed by atoms with van der Waals surface area (Å²) in [6, 6.07) is 21.9. The van der Waals surface area contributed by atoms with Gasteiger partial charge in [0.25, 0.3) is 15.9 Å². The summed E-state index contributed by atoms with van der Waals surface area (Å²) in [5, 5.41) is 2.94. The molecule has 1 heterocycles. The van der Waals surface area contributed by atoms with Gasteiger partial charge in [0.1, 0.15) is 17.5 Å². The van der Waals surface area contributed by atoms with Crippen LogP contribution in [-0.2, 0) is 32.6 Å². The predicted octanol–water partition coefficient (Wildman–Crippen LogP) is 3.70. The lowest BCUT2D eigenvalue weighted by Crippen LogP contribution is -2.53. The van der Waals surface area contributed by atoms with Crippen LogP contribution < -0.4 is 5.32 Å². The third-order valence-electron chi connectivity index (χ3n) is 6.89. The Bertz CT molecular complexity index is 1460. The average Bonchev–Trinajstić information content (AvgIpc) is 3.12. The van der Waals surface area contributed by atoms with Gasteiger partial charge in [-0.25, -0.2) is 12.7 Å². The van der Waals surface area contributed by atoms with Crippen LogP contribution in [0.5, 0.6) is 0 Å². The van der Waals surface area contributed by atoms with Crippen molar-refractivity contribution >= 4 is 27.7 Å². The molecule has 39 heavy (non-hydrogen) atoms. The Morgan fingerprint density at radius 2 is 1.62 bits per heavy atom. The monoisotopic (exact) mass is 547 g/mol. The summed E-state index contributed by atoms with van der Waals surface area (Å²) in [6.45, 7) is 3.78. The van der Waals surface area contributed by atoms with Crippen molar-refractivity contribution in [1.29, 1.82) is 0 Å². The number of hydrogen-bond donors (Lipinski definition) is 1. The molecule has 0 bridgehead atoms. The summed E-state index contributed by atoms with van der Waals surface area (Å²) in [7, 11) is -4.19. The van der Waals surface area contributed by atoms with Crippen LogP contribution in [0.4, 0.5) is 0 Å². The van der Waals surface area contributed by atoms with Crippen LogP contribution >= 0.6 is 0 Å². The lowest BCUT2D eigenvalue weighted by atomic mass is 10.0. The first-order valence-corrected chi connectivity index (χ1v) is 14.5. The molecule has 0 saturated carbocycles. The fourth-order valence-corrected chi connectivity index (χ4v) is 6.15. The van der Waals surface area contributed by atoms with Gasteiger partial charge in [0.2, 0.25) is 11.8 Å². The van der Waals surface area contributed by atoms with E-state index in [4.69, 9.17) is 0 Å². The van der Waals surface area contributed by atoms with E-state index >= 15 is 0 Å². The number of carbonyl (C=O) groups is 3. The normalized spacial score (nSPS) is 14.5. The molecule has 204 valence electrons. The van der Waals surface area contributed by atoms with Crippen LogP contribution in [0.3, 0.4) is 0 Å². The molecule has 1 aliphatic rings. The zero-order valence-corrected chi connectivity index (χ0v) is 23.0. The molecule has 0 spiro atoms. The van der Waals surface area contributed by atoms with Crippen molar-refractivity contribution in [3.8, 4) is 0 Å². The van der Waals surface area contributed by atoms with E-state index in [1.54, 1.807) is 6.07 Å². The Kier molecular flexibility index (Phi) is 8.81. The Morgan fingerprint density at radius 3 is 2.31 bits per heavy atom. The molecule has 0 radical (unpaired) electrons. The van der Waals surface area contributed by atoms with Gasteiger partial charge in [-0.1, -0.05) is 80.1 Å². The number of rotatable bonds is 11. The fraction of sp³-hybridized carbons (Fsp3) is 0.300. The first kappa shape index (κ1) is 28.0. The highest BCUT2D eigenvalue weighted by atomic mass is 32.2.